The minimum absolute atomic E-state index is 0.303. The van der Waals surface area contributed by atoms with Crippen molar-refractivity contribution in [2.75, 3.05) is 19.6 Å². The van der Waals surface area contributed by atoms with Crippen molar-refractivity contribution >= 4 is 5.91 Å². The van der Waals surface area contributed by atoms with Crippen LogP contribution < -0.4 is 5.32 Å². The first-order chi connectivity index (χ1) is 10.2. The minimum atomic E-state index is 0.303. The molecule has 0 unspecified atom stereocenters. The Balaban J connectivity index is 1.66. The molecular formula is C18H28N2O. The second kappa shape index (κ2) is 8.18. The van der Waals surface area contributed by atoms with Gasteiger partial charge in [0.15, 0.2) is 0 Å². The summed E-state index contributed by atoms with van der Waals surface area (Å²) < 4.78 is 0. The smallest absolute Gasteiger partial charge is 0.223 e. The fourth-order valence-corrected chi connectivity index (χ4v) is 2.75. The lowest BCUT2D eigenvalue weighted by atomic mass is 10.0. The maximum atomic E-state index is 12.0. The number of hydrogen-bond acceptors (Lipinski definition) is 2. The lowest BCUT2D eigenvalue weighted by Gasteiger charge is -2.26. The van der Waals surface area contributed by atoms with E-state index in [1.165, 1.54) is 30.4 Å². The molecule has 0 aliphatic carbocycles. The molecule has 1 heterocycles. The van der Waals surface area contributed by atoms with E-state index in [1.807, 2.05) is 4.90 Å². The molecule has 3 nitrogen and oxygen atoms in total. The minimum Gasteiger partial charge on any atom is -0.343 e. The Bertz CT molecular complexity index is 433. The quantitative estimate of drug-likeness (QED) is 0.815. The maximum Gasteiger partial charge on any atom is 0.223 e. The first-order valence-corrected chi connectivity index (χ1v) is 8.24. The summed E-state index contributed by atoms with van der Waals surface area (Å²) in [4.78, 5) is 14.0. The van der Waals surface area contributed by atoms with E-state index in [-0.39, 0.29) is 0 Å². The van der Waals surface area contributed by atoms with E-state index < -0.39 is 0 Å². The molecule has 1 saturated heterocycles. The Labute approximate surface area is 128 Å². The van der Waals surface area contributed by atoms with Crippen LogP contribution in [-0.4, -0.2) is 30.4 Å². The molecule has 1 aromatic carbocycles. The van der Waals surface area contributed by atoms with Crippen molar-refractivity contribution in [3.8, 4) is 0 Å². The SMILES string of the molecule is CC(C)c1ccc(CNCCC(=O)N2CCCCC2)cc1. The highest BCUT2D eigenvalue weighted by molar-refractivity contribution is 5.76. The van der Waals surface area contributed by atoms with Gasteiger partial charge in [-0.3, -0.25) is 4.79 Å². The van der Waals surface area contributed by atoms with Crippen LogP contribution in [0.1, 0.15) is 56.6 Å². The summed E-state index contributed by atoms with van der Waals surface area (Å²) >= 11 is 0. The van der Waals surface area contributed by atoms with Crippen molar-refractivity contribution in [3.05, 3.63) is 35.4 Å². The number of likely N-dealkylation sites (tertiary alicyclic amines) is 1. The van der Waals surface area contributed by atoms with Crippen LogP contribution in [0.5, 0.6) is 0 Å². The summed E-state index contributed by atoms with van der Waals surface area (Å²) in [5, 5.41) is 3.37. The lowest BCUT2D eigenvalue weighted by Crippen LogP contribution is -2.37. The van der Waals surface area contributed by atoms with Crippen LogP contribution in [0.2, 0.25) is 0 Å². The van der Waals surface area contributed by atoms with E-state index in [2.05, 4.69) is 43.4 Å². The van der Waals surface area contributed by atoms with Crippen LogP contribution >= 0.6 is 0 Å². The van der Waals surface area contributed by atoms with Gasteiger partial charge in [0.2, 0.25) is 5.91 Å². The molecule has 0 aromatic heterocycles. The van der Waals surface area contributed by atoms with Crippen LogP contribution in [0, 0.1) is 0 Å². The summed E-state index contributed by atoms with van der Waals surface area (Å²) in [6.45, 7) is 7.93. The van der Waals surface area contributed by atoms with Crippen LogP contribution in [0.3, 0.4) is 0 Å². The Hall–Kier alpha value is -1.35. The number of nitrogens with one attached hydrogen (secondary N) is 1. The Morgan fingerprint density at radius 2 is 1.81 bits per heavy atom. The van der Waals surface area contributed by atoms with Gasteiger partial charge in [0.25, 0.3) is 0 Å². The number of nitrogens with zero attached hydrogens (tertiary/aromatic N) is 1. The van der Waals surface area contributed by atoms with Gasteiger partial charge < -0.3 is 10.2 Å². The number of benzene rings is 1. The van der Waals surface area contributed by atoms with Gasteiger partial charge >= 0.3 is 0 Å². The van der Waals surface area contributed by atoms with Gasteiger partial charge in [-0.05, 0) is 36.3 Å². The summed E-state index contributed by atoms with van der Waals surface area (Å²) in [5.74, 6) is 0.881. The van der Waals surface area contributed by atoms with Crippen molar-refractivity contribution in [1.29, 1.82) is 0 Å². The Morgan fingerprint density at radius 1 is 1.14 bits per heavy atom. The number of amides is 1. The van der Waals surface area contributed by atoms with Gasteiger partial charge in [0.05, 0.1) is 0 Å². The maximum absolute atomic E-state index is 12.0. The molecular weight excluding hydrogens is 260 g/mol. The van der Waals surface area contributed by atoms with Gasteiger partial charge in [-0.25, -0.2) is 0 Å². The average molecular weight is 288 g/mol. The van der Waals surface area contributed by atoms with Crippen molar-refractivity contribution in [2.24, 2.45) is 0 Å². The first kappa shape index (κ1) is 16.0. The van der Waals surface area contributed by atoms with Gasteiger partial charge in [-0.2, -0.15) is 0 Å². The monoisotopic (exact) mass is 288 g/mol. The molecule has 116 valence electrons. The van der Waals surface area contributed by atoms with Crippen molar-refractivity contribution in [3.63, 3.8) is 0 Å². The molecule has 1 N–H and O–H groups in total. The molecule has 0 atom stereocenters. The number of rotatable bonds is 6. The molecule has 0 radical (unpaired) electrons. The fraction of sp³-hybridized carbons (Fsp3) is 0.611. The molecule has 2 rings (SSSR count). The third-order valence-corrected chi connectivity index (χ3v) is 4.20. The first-order valence-electron chi connectivity index (χ1n) is 8.24. The van der Waals surface area contributed by atoms with Gasteiger partial charge in [0.1, 0.15) is 0 Å². The zero-order chi connectivity index (χ0) is 15.1. The van der Waals surface area contributed by atoms with E-state index in [0.29, 0.717) is 18.2 Å². The number of carbonyl (C=O) groups is 1. The average Bonchev–Trinajstić information content (AvgIpc) is 2.52. The van der Waals surface area contributed by atoms with Crippen molar-refractivity contribution < 1.29 is 4.79 Å². The number of carbonyl (C=O) groups excluding carboxylic acids is 1. The zero-order valence-corrected chi connectivity index (χ0v) is 13.4. The molecule has 1 amide bonds. The molecule has 0 spiro atoms. The highest BCUT2D eigenvalue weighted by Gasteiger charge is 2.15. The largest absolute Gasteiger partial charge is 0.343 e. The van der Waals surface area contributed by atoms with E-state index in [4.69, 9.17) is 0 Å². The molecule has 1 fully saturated rings. The number of hydrogen-bond donors (Lipinski definition) is 1. The standard InChI is InChI=1S/C18H28N2O/c1-15(2)17-8-6-16(7-9-17)14-19-11-10-18(21)20-12-4-3-5-13-20/h6-9,15,19H,3-5,10-14H2,1-2H3. The van der Waals surface area contributed by atoms with E-state index >= 15 is 0 Å². The Kier molecular flexibility index (Phi) is 6.24. The van der Waals surface area contributed by atoms with E-state index in [1.54, 1.807) is 0 Å². The highest BCUT2D eigenvalue weighted by Crippen LogP contribution is 2.14. The van der Waals surface area contributed by atoms with Crippen molar-refractivity contribution in [1.82, 2.24) is 10.2 Å². The predicted octanol–water partition coefficient (Wildman–Crippen LogP) is 3.30. The summed E-state index contributed by atoms with van der Waals surface area (Å²) in [7, 11) is 0. The molecule has 3 heteroatoms. The van der Waals surface area contributed by atoms with Gasteiger partial charge in [-0.1, -0.05) is 38.1 Å². The molecule has 1 aliphatic rings. The van der Waals surface area contributed by atoms with Crippen LogP contribution in [0.25, 0.3) is 0 Å². The van der Waals surface area contributed by atoms with Gasteiger partial charge in [0, 0.05) is 32.6 Å². The van der Waals surface area contributed by atoms with Crippen molar-refractivity contribution in [2.45, 2.75) is 52.0 Å². The zero-order valence-electron chi connectivity index (χ0n) is 13.4. The van der Waals surface area contributed by atoms with Crippen LogP contribution in [-0.2, 0) is 11.3 Å². The van der Waals surface area contributed by atoms with Crippen LogP contribution in [0.15, 0.2) is 24.3 Å². The van der Waals surface area contributed by atoms with Crippen LogP contribution in [0.4, 0.5) is 0 Å². The third-order valence-electron chi connectivity index (χ3n) is 4.20. The molecule has 1 aromatic rings. The summed E-state index contributed by atoms with van der Waals surface area (Å²) in [6, 6.07) is 8.74. The molecule has 1 aliphatic heterocycles. The second-order valence-corrected chi connectivity index (χ2v) is 6.26. The lowest BCUT2D eigenvalue weighted by molar-refractivity contribution is -0.131. The van der Waals surface area contributed by atoms with E-state index in [0.717, 1.165) is 26.2 Å². The topological polar surface area (TPSA) is 32.3 Å². The molecule has 0 saturated carbocycles. The summed E-state index contributed by atoms with van der Waals surface area (Å²) in [6.07, 6.45) is 4.22. The second-order valence-electron chi connectivity index (χ2n) is 6.26. The molecule has 21 heavy (non-hydrogen) atoms. The number of piperidine rings is 1. The molecule has 0 bridgehead atoms. The predicted molar refractivity (Wildman–Crippen MR) is 87.3 cm³/mol. The Morgan fingerprint density at radius 3 is 2.43 bits per heavy atom. The van der Waals surface area contributed by atoms with E-state index in [9.17, 15) is 4.79 Å². The summed E-state index contributed by atoms with van der Waals surface area (Å²) in [5.41, 5.74) is 2.66. The normalized spacial score (nSPS) is 15.5. The highest BCUT2D eigenvalue weighted by atomic mass is 16.2. The third kappa shape index (κ3) is 5.16. The fourth-order valence-electron chi connectivity index (χ4n) is 2.75. The van der Waals surface area contributed by atoms with Gasteiger partial charge in [-0.15, -0.1) is 0 Å².